The number of piperazine rings is 1. The van der Waals surface area contributed by atoms with Gasteiger partial charge in [0.1, 0.15) is 17.6 Å². The zero-order valence-corrected chi connectivity index (χ0v) is 17.2. The van der Waals surface area contributed by atoms with Crippen molar-refractivity contribution >= 4 is 5.97 Å². The lowest BCUT2D eigenvalue weighted by molar-refractivity contribution is 0.0697. The molecule has 0 amide bonds. The monoisotopic (exact) mass is 398 g/mol. The van der Waals surface area contributed by atoms with Gasteiger partial charge in [0, 0.05) is 39.3 Å². The van der Waals surface area contributed by atoms with E-state index in [1.165, 1.54) is 5.56 Å². The van der Waals surface area contributed by atoms with Gasteiger partial charge in [0.05, 0.1) is 12.7 Å². The number of hydrogen-bond acceptors (Lipinski definition) is 5. The number of aromatic carboxylic acids is 1. The van der Waals surface area contributed by atoms with Gasteiger partial charge in [-0.3, -0.25) is 4.90 Å². The fourth-order valence-electron chi connectivity index (χ4n) is 3.58. The van der Waals surface area contributed by atoms with Crippen molar-refractivity contribution in [2.75, 3.05) is 46.4 Å². The highest BCUT2D eigenvalue weighted by Crippen LogP contribution is 2.18. The number of carbonyl (C=O) groups is 1. The van der Waals surface area contributed by atoms with Gasteiger partial charge in [-0.05, 0) is 55.3 Å². The molecule has 1 saturated heterocycles. The molecule has 0 aliphatic carbocycles. The van der Waals surface area contributed by atoms with E-state index in [-0.39, 0.29) is 6.10 Å². The number of nitrogens with zero attached hydrogens (tertiary/aromatic N) is 2. The first kappa shape index (κ1) is 21.1. The van der Waals surface area contributed by atoms with Gasteiger partial charge in [0.25, 0.3) is 0 Å². The molecule has 29 heavy (non-hydrogen) atoms. The Bertz CT molecular complexity index is 768. The summed E-state index contributed by atoms with van der Waals surface area (Å²) >= 11 is 0. The van der Waals surface area contributed by atoms with Gasteiger partial charge in [0.2, 0.25) is 0 Å². The Hall–Kier alpha value is -2.57. The van der Waals surface area contributed by atoms with Crippen molar-refractivity contribution in [2.45, 2.75) is 19.4 Å². The van der Waals surface area contributed by atoms with Crippen LogP contribution in [0.25, 0.3) is 0 Å². The molecular weight excluding hydrogens is 368 g/mol. The normalized spacial score (nSPS) is 16.3. The number of methoxy groups -OCH3 is 1. The molecule has 2 aromatic rings. The van der Waals surface area contributed by atoms with Crippen LogP contribution in [0.3, 0.4) is 0 Å². The molecule has 1 heterocycles. The van der Waals surface area contributed by atoms with Crippen molar-refractivity contribution in [2.24, 2.45) is 0 Å². The van der Waals surface area contributed by atoms with Crippen LogP contribution in [0, 0.1) is 0 Å². The lowest BCUT2D eigenvalue weighted by Crippen LogP contribution is -2.49. The molecule has 156 valence electrons. The number of ether oxygens (including phenoxy) is 2. The minimum absolute atomic E-state index is 0.127. The molecule has 0 radical (unpaired) electrons. The molecule has 2 aromatic carbocycles. The maximum atomic E-state index is 10.9. The topological polar surface area (TPSA) is 62.2 Å². The van der Waals surface area contributed by atoms with Crippen LogP contribution in [0.5, 0.6) is 11.5 Å². The minimum atomic E-state index is -0.877. The van der Waals surface area contributed by atoms with E-state index < -0.39 is 5.97 Å². The second kappa shape index (κ2) is 10.3. The summed E-state index contributed by atoms with van der Waals surface area (Å²) in [7, 11) is 1.66. The lowest BCUT2D eigenvalue weighted by atomic mass is 10.1. The van der Waals surface area contributed by atoms with Crippen LogP contribution in [0.15, 0.2) is 48.5 Å². The first-order chi connectivity index (χ1) is 14.0. The first-order valence-electron chi connectivity index (χ1n) is 10.1. The average molecular weight is 399 g/mol. The summed E-state index contributed by atoms with van der Waals surface area (Å²) < 4.78 is 11.2. The molecule has 1 atom stereocenters. The first-order valence-corrected chi connectivity index (χ1v) is 10.1. The third kappa shape index (κ3) is 6.48. The van der Waals surface area contributed by atoms with Crippen LogP contribution in [0.4, 0.5) is 0 Å². The van der Waals surface area contributed by atoms with Crippen molar-refractivity contribution in [1.82, 2.24) is 9.80 Å². The minimum Gasteiger partial charge on any atom is -0.497 e. The summed E-state index contributed by atoms with van der Waals surface area (Å²) in [4.78, 5) is 15.8. The Morgan fingerprint density at radius 3 is 2.14 bits per heavy atom. The van der Waals surface area contributed by atoms with Crippen LogP contribution in [0.2, 0.25) is 0 Å². The molecule has 1 N–H and O–H groups in total. The van der Waals surface area contributed by atoms with Crippen molar-refractivity contribution in [3.8, 4) is 11.5 Å². The number of hydrogen-bond donors (Lipinski definition) is 1. The van der Waals surface area contributed by atoms with E-state index in [0.717, 1.165) is 57.2 Å². The predicted molar refractivity (Wildman–Crippen MR) is 113 cm³/mol. The Morgan fingerprint density at radius 2 is 1.55 bits per heavy atom. The molecule has 6 nitrogen and oxygen atoms in total. The highest BCUT2D eigenvalue weighted by molar-refractivity contribution is 5.87. The standard InChI is InChI=1S/C23H30N2O4/c1-18(29-22-9-7-21(28-2)8-10-22)17-25-15-13-24(14-16-25)12-11-19-3-5-20(6-4-19)23(26)27/h3-10,18H,11-17H2,1-2H3,(H,26,27). The van der Waals surface area contributed by atoms with E-state index in [9.17, 15) is 4.79 Å². The summed E-state index contributed by atoms with van der Waals surface area (Å²) in [6.45, 7) is 8.18. The SMILES string of the molecule is COc1ccc(OC(C)CN2CCN(CCc3ccc(C(=O)O)cc3)CC2)cc1. The zero-order chi connectivity index (χ0) is 20.6. The van der Waals surface area contributed by atoms with E-state index in [2.05, 4.69) is 16.7 Å². The van der Waals surface area contributed by atoms with E-state index >= 15 is 0 Å². The number of carboxylic acids is 1. The van der Waals surface area contributed by atoms with Gasteiger partial charge >= 0.3 is 5.97 Å². The molecule has 6 heteroatoms. The largest absolute Gasteiger partial charge is 0.497 e. The Morgan fingerprint density at radius 1 is 0.966 bits per heavy atom. The molecule has 0 spiro atoms. The van der Waals surface area contributed by atoms with Crippen LogP contribution < -0.4 is 9.47 Å². The zero-order valence-electron chi connectivity index (χ0n) is 17.2. The summed E-state index contributed by atoms with van der Waals surface area (Å²) in [6, 6.07) is 14.9. The average Bonchev–Trinajstić information content (AvgIpc) is 2.74. The van der Waals surface area contributed by atoms with Crippen molar-refractivity contribution in [1.29, 1.82) is 0 Å². The van der Waals surface area contributed by atoms with Crippen LogP contribution in [-0.4, -0.2) is 73.4 Å². The van der Waals surface area contributed by atoms with Gasteiger partial charge in [-0.15, -0.1) is 0 Å². The fourth-order valence-corrected chi connectivity index (χ4v) is 3.58. The maximum absolute atomic E-state index is 10.9. The second-order valence-electron chi connectivity index (χ2n) is 7.50. The van der Waals surface area contributed by atoms with E-state index in [1.54, 1.807) is 19.2 Å². The Labute approximate surface area is 172 Å². The molecule has 0 bridgehead atoms. The van der Waals surface area contributed by atoms with E-state index in [4.69, 9.17) is 14.6 Å². The van der Waals surface area contributed by atoms with Crippen molar-refractivity contribution in [3.05, 3.63) is 59.7 Å². The second-order valence-corrected chi connectivity index (χ2v) is 7.50. The van der Waals surface area contributed by atoms with Gasteiger partial charge in [0.15, 0.2) is 0 Å². The summed E-state index contributed by atoms with van der Waals surface area (Å²) in [5, 5.41) is 8.97. The highest BCUT2D eigenvalue weighted by atomic mass is 16.5. The fraction of sp³-hybridized carbons (Fsp3) is 0.435. The van der Waals surface area contributed by atoms with Gasteiger partial charge in [-0.1, -0.05) is 12.1 Å². The molecular formula is C23H30N2O4. The van der Waals surface area contributed by atoms with Crippen molar-refractivity contribution < 1.29 is 19.4 Å². The summed E-state index contributed by atoms with van der Waals surface area (Å²) in [5.41, 5.74) is 1.52. The van der Waals surface area contributed by atoms with Gasteiger partial charge in [-0.25, -0.2) is 4.79 Å². The number of carboxylic acid groups (broad SMARTS) is 1. The molecule has 1 fully saturated rings. The van der Waals surface area contributed by atoms with Crippen LogP contribution >= 0.6 is 0 Å². The smallest absolute Gasteiger partial charge is 0.335 e. The molecule has 3 rings (SSSR count). The molecule has 0 aromatic heterocycles. The van der Waals surface area contributed by atoms with Gasteiger partial charge < -0.3 is 19.5 Å². The Kier molecular flexibility index (Phi) is 7.49. The molecule has 1 aliphatic heterocycles. The molecule has 0 saturated carbocycles. The van der Waals surface area contributed by atoms with E-state index in [1.807, 2.05) is 36.4 Å². The lowest BCUT2D eigenvalue weighted by Gasteiger charge is -2.35. The van der Waals surface area contributed by atoms with E-state index in [0.29, 0.717) is 5.56 Å². The van der Waals surface area contributed by atoms with Gasteiger partial charge in [-0.2, -0.15) is 0 Å². The summed E-state index contributed by atoms with van der Waals surface area (Å²) in [6.07, 6.45) is 1.07. The predicted octanol–water partition coefficient (Wildman–Crippen LogP) is 3.02. The third-order valence-corrected chi connectivity index (χ3v) is 5.29. The molecule has 1 aliphatic rings. The third-order valence-electron chi connectivity index (χ3n) is 5.29. The Balaban J connectivity index is 1.36. The number of rotatable bonds is 9. The number of benzene rings is 2. The molecule has 1 unspecified atom stereocenters. The maximum Gasteiger partial charge on any atom is 0.335 e. The van der Waals surface area contributed by atoms with Crippen molar-refractivity contribution in [3.63, 3.8) is 0 Å². The summed E-state index contributed by atoms with van der Waals surface area (Å²) in [5.74, 6) is 0.822. The van der Waals surface area contributed by atoms with Crippen LogP contribution in [0.1, 0.15) is 22.8 Å². The highest BCUT2D eigenvalue weighted by Gasteiger charge is 2.19. The quantitative estimate of drug-likeness (QED) is 0.701. The van der Waals surface area contributed by atoms with Crippen LogP contribution in [-0.2, 0) is 6.42 Å².